The number of aliphatic imine (C=N–C) groups is 1. The summed E-state index contributed by atoms with van der Waals surface area (Å²) in [4.78, 5) is 17.4. The molecule has 2 aliphatic carbocycles. The minimum Gasteiger partial charge on any atom is -0.451 e. The Hall–Kier alpha value is -1.12. The zero-order valence-electron chi connectivity index (χ0n) is 14.1. The molecule has 0 aromatic rings. The number of hydrogen-bond acceptors (Lipinski definition) is 3. The first-order valence-corrected chi connectivity index (χ1v) is 8.04. The Bertz CT molecular complexity index is 556. The first-order valence-electron chi connectivity index (χ1n) is 8.04. The quantitative estimate of drug-likeness (QED) is 0.571. The summed E-state index contributed by atoms with van der Waals surface area (Å²) in [6, 6.07) is 0. The van der Waals surface area contributed by atoms with Crippen molar-refractivity contribution in [3.05, 3.63) is 11.6 Å². The van der Waals surface area contributed by atoms with Gasteiger partial charge in [-0.25, -0.2) is 4.79 Å². The average Bonchev–Trinajstić information content (AvgIpc) is 2.87. The van der Waals surface area contributed by atoms with Gasteiger partial charge in [-0.05, 0) is 57.8 Å². The number of carbonyl (C=O) groups is 1. The lowest BCUT2D eigenvalue weighted by Gasteiger charge is -2.42. The summed E-state index contributed by atoms with van der Waals surface area (Å²) >= 11 is 0. The number of nitrogens with zero attached hydrogens (tertiary/aromatic N) is 1. The lowest BCUT2D eigenvalue weighted by atomic mass is 9.81. The van der Waals surface area contributed by atoms with Gasteiger partial charge in [-0.15, -0.1) is 0 Å². The molecule has 2 fully saturated rings. The van der Waals surface area contributed by atoms with Crippen LogP contribution in [-0.2, 0) is 9.53 Å². The SMILES string of the molecule is CC(C)=CC[C@]1(C)N=C2C[C@@H]3[C@H](C[C@]2(C)OC1=O)C3(C)C. The predicted octanol–water partition coefficient (Wildman–Crippen LogP) is 3.92. The number of allylic oxidation sites excluding steroid dienone is 1. The maximum Gasteiger partial charge on any atom is 0.334 e. The molecule has 1 aliphatic heterocycles. The molecule has 0 bridgehead atoms. The normalized spacial score (nSPS) is 43.1. The third-order valence-electron chi connectivity index (χ3n) is 5.97. The van der Waals surface area contributed by atoms with Gasteiger partial charge in [0.25, 0.3) is 0 Å². The zero-order chi connectivity index (χ0) is 15.6. The molecule has 3 rings (SSSR count). The molecule has 0 N–H and O–H groups in total. The van der Waals surface area contributed by atoms with E-state index in [2.05, 4.69) is 26.8 Å². The van der Waals surface area contributed by atoms with Crippen molar-refractivity contribution in [3.8, 4) is 0 Å². The lowest BCUT2D eigenvalue weighted by Crippen LogP contribution is -2.54. The maximum atomic E-state index is 12.5. The van der Waals surface area contributed by atoms with Gasteiger partial charge in [-0.2, -0.15) is 0 Å². The largest absolute Gasteiger partial charge is 0.451 e. The molecule has 0 spiro atoms. The van der Waals surface area contributed by atoms with Gasteiger partial charge in [0, 0.05) is 6.42 Å². The summed E-state index contributed by atoms with van der Waals surface area (Å²) in [5.41, 5.74) is 1.50. The van der Waals surface area contributed by atoms with E-state index in [0.29, 0.717) is 23.7 Å². The van der Waals surface area contributed by atoms with Crippen LogP contribution in [0, 0.1) is 17.3 Å². The van der Waals surface area contributed by atoms with Crippen molar-refractivity contribution in [1.29, 1.82) is 0 Å². The second-order valence-corrected chi connectivity index (χ2v) is 8.38. The van der Waals surface area contributed by atoms with E-state index in [1.54, 1.807) is 0 Å². The number of hydrogen-bond donors (Lipinski definition) is 0. The van der Waals surface area contributed by atoms with Gasteiger partial charge >= 0.3 is 5.97 Å². The van der Waals surface area contributed by atoms with E-state index in [9.17, 15) is 4.79 Å². The van der Waals surface area contributed by atoms with Gasteiger partial charge in [0.05, 0.1) is 5.71 Å². The predicted molar refractivity (Wildman–Crippen MR) is 84.4 cm³/mol. The van der Waals surface area contributed by atoms with E-state index in [1.165, 1.54) is 5.57 Å². The van der Waals surface area contributed by atoms with Crippen LogP contribution in [0.15, 0.2) is 16.6 Å². The van der Waals surface area contributed by atoms with Crippen molar-refractivity contribution >= 4 is 11.7 Å². The number of fused-ring (bicyclic) bond motifs is 2. The topological polar surface area (TPSA) is 38.7 Å². The molecule has 3 aliphatic rings. The first-order chi connectivity index (χ1) is 9.58. The molecule has 0 unspecified atom stereocenters. The van der Waals surface area contributed by atoms with Crippen LogP contribution < -0.4 is 0 Å². The molecule has 0 aromatic carbocycles. The molecule has 4 atom stereocenters. The molecule has 116 valence electrons. The fraction of sp³-hybridized carbons (Fsp3) is 0.778. The molecule has 0 radical (unpaired) electrons. The lowest BCUT2D eigenvalue weighted by molar-refractivity contribution is -0.161. The number of carbonyl (C=O) groups excluding carboxylic acids is 1. The summed E-state index contributed by atoms with van der Waals surface area (Å²) in [5.74, 6) is 1.23. The van der Waals surface area contributed by atoms with Gasteiger partial charge < -0.3 is 4.74 Å². The Labute approximate surface area is 127 Å². The van der Waals surface area contributed by atoms with Crippen LogP contribution in [0.25, 0.3) is 0 Å². The third-order valence-corrected chi connectivity index (χ3v) is 5.97. The first kappa shape index (κ1) is 14.8. The van der Waals surface area contributed by atoms with Gasteiger partial charge in [-0.3, -0.25) is 4.99 Å². The van der Waals surface area contributed by atoms with E-state index < -0.39 is 11.1 Å². The van der Waals surface area contributed by atoms with Crippen molar-refractivity contribution in [1.82, 2.24) is 0 Å². The van der Waals surface area contributed by atoms with Crippen LogP contribution in [0.2, 0.25) is 0 Å². The Morgan fingerprint density at radius 1 is 1.29 bits per heavy atom. The molecule has 3 nitrogen and oxygen atoms in total. The Morgan fingerprint density at radius 2 is 1.95 bits per heavy atom. The molecule has 1 heterocycles. The Balaban J connectivity index is 1.92. The van der Waals surface area contributed by atoms with Crippen molar-refractivity contribution in [3.63, 3.8) is 0 Å². The van der Waals surface area contributed by atoms with Gasteiger partial charge in [0.2, 0.25) is 0 Å². The summed E-state index contributed by atoms with van der Waals surface area (Å²) in [7, 11) is 0. The molecular weight excluding hydrogens is 262 g/mol. The minimum atomic E-state index is -0.738. The van der Waals surface area contributed by atoms with Gasteiger partial charge in [-0.1, -0.05) is 25.5 Å². The molecular formula is C18H27NO2. The van der Waals surface area contributed by atoms with E-state index in [4.69, 9.17) is 9.73 Å². The molecule has 0 saturated heterocycles. The molecule has 0 aromatic heterocycles. The molecule has 0 amide bonds. The van der Waals surface area contributed by atoms with Crippen molar-refractivity contribution in [2.24, 2.45) is 22.2 Å². The zero-order valence-corrected chi connectivity index (χ0v) is 14.1. The Kier molecular flexibility index (Phi) is 2.96. The minimum absolute atomic E-state index is 0.164. The molecule has 2 saturated carbocycles. The molecule has 3 heteroatoms. The average molecular weight is 289 g/mol. The summed E-state index contributed by atoms with van der Waals surface area (Å²) in [6.07, 6.45) is 4.64. The smallest absolute Gasteiger partial charge is 0.334 e. The van der Waals surface area contributed by atoms with E-state index in [0.717, 1.165) is 18.6 Å². The second kappa shape index (κ2) is 4.21. The summed E-state index contributed by atoms with van der Waals surface area (Å²) in [5, 5.41) is 0. The van der Waals surface area contributed by atoms with Crippen molar-refractivity contribution < 1.29 is 9.53 Å². The van der Waals surface area contributed by atoms with Gasteiger partial charge in [0.1, 0.15) is 5.60 Å². The van der Waals surface area contributed by atoms with E-state index in [1.807, 2.05) is 20.8 Å². The molecule has 21 heavy (non-hydrogen) atoms. The van der Waals surface area contributed by atoms with Crippen molar-refractivity contribution in [2.45, 2.75) is 71.9 Å². The fourth-order valence-electron chi connectivity index (χ4n) is 4.08. The monoisotopic (exact) mass is 289 g/mol. The summed E-state index contributed by atoms with van der Waals surface area (Å²) in [6.45, 7) is 12.7. The van der Waals surface area contributed by atoms with Gasteiger partial charge in [0.15, 0.2) is 5.54 Å². The highest BCUT2D eigenvalue weighted by Gasteiger charge is 2.65. The highest BCUT2D eigenvalue weighted by atomic mass is 16.6. The highest BCUT2D eigenvalue weighted by Crippen LogP contribution is 2.66. The number of ether oxygens (including phenoxy) is 1. The maximum absolute atomic E-state index is 12.5. The standard InChI is InChI=1S/C18H27NO2/c1-11(2)7-8-17(5)15(20)21-18(6)10-13-12(16(13,3)4)9-14(18)19-17/h7,12-13H,8-10H2,1-6H3/t12-,13+,17+,18+/m1/s1. The van der Waals surface area contributed by atoms with Crippen LogP contribution in [0.1, 0.15) is 60.8 Å². The fourth-order valence-corrected chi connectivity index (χ4v) is 4.08. The van der Waals surface area contributed by atoms with Crippen LogP contribution in [-0.4, -0.2) is 22.8 Å². The van der Waals surface area contributed by atoms with E-state index in [-0.39, 0.29) is 5.97 Å². The van der Waals surface area contributed by atoms with Crippen LogP contribution in [0.4, 0.5) is 0 Å². The summed E-state index contributed by atoms with van der Waals surface area (Å²) < 4.78 is 5.92. The third kappa shape index (κ3) is 2.16. The van der Waals surface area contributed by atoms with Crippen LogP contribution in [0.3, 0.4) is 0 Å². The number of rotatable bonds is 2. The highest BCUT2D eigenvalue weighted by molar-refractivity contribution is 6.01. The second-order valence-electron chi connectivity index (χ2n) is 8.38. The number of esters is 1. The van der Waals surface area contributed by atoms with Crippen molar-refractivity contribution in [2.75, 3.05) is 0 Å². The van der Waals surface area contributed by atoms with Crippen LogP contribution in [0.5, 0.6) is 0 Å². The Morgan fingerprint density at radius 3 is 2.57 bits per heavy atom. The van der Waals surface area contributed by atoms with E-state index >= 15 is 0 Å². The van der Waals surface area contributed by atoms with Crippen LogP contribution >= 0.6 is 0 Å².